The number of nitrogens with one attached hydrogen (secondary N) is 1. The third-order valence-electron chi connectivity index (χ3n) is 5.07. The number of carbonyl (C=O) groups excluding carboxylic acids is 1. The van der Waals surface area contributed by atoms with E-state index in [9.17, 15) is 4.79 Å². The van der Waals surface area contributed by atoms with E-state index in [4.69, 9.17) is 9.47 Å². The number of para-hydroxylation sites is 1. The zero-order valence-electron chi connectivity index (χ0n) is 14.8. The number of amides is 1. The molecule has 2 aliphatic rings. The lowest BCUT2D eigenvalue weighted by molar-refractivity contribution is -0.187. The molecule has 1 N–H and O–H groups in total. The predicted octanol–water partition coefficient (Wildman–Crippen LogP) is 2.72. The monoisotopic (exact) mass is 332 g/mol. The quantitative estimate of drug-likeness (QED) is 0.901. The van der Waals surface area contributed by atoms with Gasteiger partial charge in [-0.25, -0.2) is 0 Å². The number of hydrogen-bond acceptors (Lipinski definition) is 4. The summed E-state index contributed by atoms with van der Waals surface area (Å²) in [5.74, 6) is -0.200. The van der Waals surface area contributed by atoms with Crippen molar-refractivity contribution in [1.82, 2.24) is 4.90 Å². The summed E-state index contributed by atoms with van der Waals surface area (Å²) in [7, 11) is 0. The molecule has 1 spiro atoms. The average molecular weight is 332 g/mol. The van der Waals surface area contributed by atoms with Crippen molar-refractivity contribution in [2.45, 2.75) is 45.3 Å². The Morgan fingerprint density at radius 2 is 1.96 bits per heavy atom. The number of hydrogen-bond donors (Lipinski definition) is 1. The van der Waals surface area contributed by atoms with Crippen molar-refractivity contribution in [3.8, 4) is 0 Å². The molecule has 0 aromatic heterocycles. The number of nitrogens with zero attached hydrogens (tertiary/aromatic N) is 1. The normalized spacial score (nSPS) is 19.7. The molecule has 0 atom stereocenters. The minimum absolute atomic E-state index is 0.210. The van der Waals surface area contributed by atoms with E-state index in [0.29, 0.717) is 26.2 Å². The highest BCUT2D eigenvalue weighted by molar-refractivity contribution is 5.77. The molecular formula is C19H28N2O3. The van der Waals surface area contributed by atoms with Gasteiger partial charge in [-0.2, -0.15) is 0 Å². The Kier molecular flexibility index (Phi) is 5.41. The molecule has 0 bridgehead atoms. The van der Waals surface area contributed by atoms with E-state index in [0.717, 1.165) is 32.4 Å². The van der Waals surface area contributed by atoms with Gasteiger partial charge in [-0.3, -0.25) is 4.79 Å². The van der Waals surface area contributed by atoms with Crippen LogP contribution in [0.4, 0.5) is 5.69 Å². The standard InChI is InChI=1S/C19H28N2O3/c1-3-16-6-4-5-15(2)18(16)20-10-7-17(22)21-11-8-19(9-12-21)23-13-14-24-19/h4-6,20H,3,7-14H2,1-2H3. The number of ether oxygens (including phenoxy) is 2. The largest absolute Gasteiger partial charge is 0.384 e. The van der Waals surface area contributed by atoms with Crippen LogP contribution in [0.5, 0.6) is 0 Å². The highest BCUT2D eigenvalue weighted by Crippen LogP contribution is 2.31. The third-order valence-corrected chi connectivity index (χ3v) is 5.07. The second-order valence-corrected chi connectivity index (χ2v) is 6.63. The van der Waals surface area contributed by atoms with Crippen LogP contribution in [0.2, 0.25) is 0 Å². The molecule has 1 amide bonds. The van der Waals surface area contributed by atoms with Gasteiger partial charge in [0.15, 0.2) is 5.79 Å². The van der Waals surface area contributed by atoms with Crippen LogP contribution in [-0.4, -0.2) is 49.4 Å². The summed E-state index contributed by atoms with van der Waals surface area (Å²) in [6, 6.07) is 6.33. The number of rotatable bonds is 5. The Bertz CT molecular complexity index is 572. The van der Waals surface area contributed by atoms with E-state index < -0.39 is 5.79 Å². The molecule has 24 heavy (non-hydrogen) atoms. The lowest BCUT2D eigenvalue weighted by atomic mass is 10.0. The Balaban J connectivity index is 1.47. The number of piperidine rings is 1. The van der Waals surface area contributed by atoms with Gasteiger partial charge in [0.05, 0.1) is 13.2 Å². The molecule has 0 saturated carbocycles. The van der Waals surface area contributed by atoms with Crippen LogP contribution in [0, 0.1) is 6.92 Å². The van der Waals surface area contributed by atoms with Gasteiger partial charge in [0, 0.05) is 44.6 Å². The molecule has 1 aromatic rings. The molecular weight excluding hydrogens is 304 g/mol. The highest BCUT2D eigenvalue weighted by Gasteiger charge is 2.40. The summed E-state index contributed by atoms with van der Waals surface area (Å²) >= 11 is 0. The molecule has 2 heterocycles. The Hall–Kier alpha value is -1.59. The topological polar surface area (TPSA) is 50.8 Å². The summed E-state index contributed by atoms with van der Waals surface area (Å²) in [6.45, 7) is 7.73. The molecule has 132 valence electrons. The average Bonchev–Trinajstić information content (AvgIpc) is 3.04. The Morgan fingerprint density at radius 1 is 1.25 bits per heavy atom. The molecule has 2 fully saturated rings. The van der Waals surface area contributed by atoms with Crippen LogP contribution in [0.1, 0.15) is 37.3 Å². The summed E-state index contributed by atoms with van der Waals surface area (Å²) in [5, 5.41) is 3.45. The van der Waals surface area contributed by atoms with Gasteiger partial charge < -0.3 is 19.7 Å². The van der Waals surface area contributed by atoms with Crippen molar-refractivity contribution in [2.75, 3.05) is 38.2 Å². The third kappa shape index (κ3) is 3.73. The lowest BCUT2D eigenvalue weighted by Crippen LogP contribution is -2.47. The van der Waals surface area contributed by atoms with E-state index in [-0.39, 0.29) is 5.91 Å². The van der Waals surface area contributed by atoms with Crippen LogP contribution >= 0.6 is 0 Å². The molecule has 1 aromatic carbocycles. The van der Waals surface area contributed by atoms with Crippen molar-refractivity contribution in [2.24, 2.45) is 0 Å². The molecule has 0 aliphatic carbocycles. The first-order valence-corrected chi connectivity index (χ1v) is 9.01. The van der Waals surface area contributed by atoms with Crippen LogP contribution in [0.3, 0.4) is 0 Å². The van der Waals surface area contributed by atoms with Gasteiger partial charge in [0.2, 0.25) is 5.91 Å². The van der Waals surface area contributed by atoms with Crippen molar-refractivity contribution < 1.29 is 14.3 Å². The summed E-state index contributed by atoms with van der Waals surface area (Å²) in [5.41, 5.74) is 3.72. The molecule has 0 radical (unpaired) electrons. The smallest absolute Gasteiger partial charge is 0.224 e. The van der Waals surface area contributed by atoms with Crippen LogP contribution in [0.25, 0.3) is 0 Å². The maximum Gasteiger partial charge on any atom is 0.224 e. The zero-order valence-corrected chi connectivity index (χ0v) is 14.8. The first-order valence-electron chi connectivity index (χ1n) is 9.01. The minimum atomic E-state index is -0.411. The van der Waals surface area contributed by atoms with E-state index in [1.54, 1.807) is 0 Å². The van der Waals surface area contributed by atoms with E-state index in [1.165, 1.54) is 16.8 Å². The van der Waals surface area contributed by atoms with Crippen molar-refractivity contribution in [1.29, 1.82) is 0 Å². The fourth-order valence-corrected chi connectivity index (χ4v) is 3.61. The number of aryl methyl sites for hydroxylation is 2. The van der Waals surface area contributed by atoms with Gasteiger partial charge >= 0.3 is 0 Å². The SMILES string of the molecule is CCc1cccc(C)c1NCCC(=O)N1CCC2(CC1)OCCO2. The van der Waals surface area contributed by atoms with Crippen LogP contribution in [0.15, 0.2) is 18.2 Å². The van der Waals surface area contributed by atoms with Gasteiger partial charge in [-0.05, 0) is 24.5 Å². The second-order valence-electron chi connectivity index (χ2n) is 6.63. The van der Waals surface area contributed by atoms with Crippen molar-refractivity contribution in [3.63, 3.8) is 0 Å². The number of benzene rings is 1. The minimum Gasteiger partial charge on any atom is -0.384 e. The molecule has 5 heteroatoms. The maximum atomic E-state index is 12.4. The summed E-state index contributed by atoms with van der Waals surface area (Å²) < 4.78 is 11.4. The van der Waals surface area contributed by atoms with Crippen LogP contribution in [-0.2, 0) is 20.7 Å². The van der Waals surface area contributed by atoms with Gasteiger partial charge in [0.1, 0.15) is 0 Å². The second kappa shape index (κ2) is 7.53. The fraction of sp³-hybridized carbons (Fsp3) is 0.632. The molecule has 0 unspecified atom stereocenters. The molecule has 3 rings (SSSR count). The van der Waals surface area contributed by atoms with Crippen molar-refractivity contribution in [3.05, 3.63) is 29.3 Å². The van der Waals surface area contributed by atoms with E-state index >= 15 is 0 Å². The Labute approximate surface area is 144 Å². The first-order chi connectivity index (χ1) is 11.6. The Morgan fingerprint density at radius 3 is 2.62 bits per heavy atom. The van der Waals surface area contributed by atoms with Gasteiger partial charge in [-0.1, -0.05) is 25.1 Å². The summed E-state index contributed by atoms with van der Waals surface area (Å²) in [6.07, 6.45) is 3.08. The zero-order chi connectivity index (χ0) is 17.0. The number of anilines is 1. The van der Waals surface area contributed by atoms with Gasteiger partial charge in [-0.15, -0.1) is 0 Å². The predicted molar refractivity (Wildman–Crippen MR) is 94.1 cm³/mol. The summed E-state index contributed by atoms with van der Waals surface area (Å²) in [4.78, 5) is 14.4. The van der Waals surface area contributed by atoms with Gasteiger partial charge in [0.25, 0.3) is 0 Å². The van der Waals surface area contributed by atoms with Crippen molar-refractivity contribution >= 4 is 11.6 Å². The van der Waals surface area contributed by atoms with E-state index in [2.05, 4.69) is 37.4 Å². The number of likely N-dealkylation sites (tertiary alicyclic amines) is 1. The first kappa shape index (κ1) is 17.2. The lowest BCUT2D eigenvalue weighted by Gasteiger charge is -2.37. The molecule has 2 saturated heterocycles. The maximum absolute atomic E-state index is 12.4. The molecule has 5 nitrogen and oxygen atoms in total. The number of carbonyl (C=O) groups is 1. The van der Waals surface area contributed by atoms with Crippen LogP contribution < -0.4 is 5.32 Å². The molecule has 2 aliphatic heterocycles. The fourth-order valence-electron chi connectivity index (χ4n) is 3.61. The van der Waals surface area contributed by atoms with E-state index in [1.807, 2.05) is 4.90 Å². The highest BCUT2D eigenvalue weighted by atomic mass is 16.7.